The highest BCUT2D eigenvalue weighted by Crippen LogP contribution is 2.37. The van der Waals surface area contributed by atoms with Gasteiger partial charge in [-0.15, -0.1) is 0 Å². The summed E-state index contributed by atoms with van der Waals surface area (Å²) in [5.74, 6) is 0.143. The predicted octanol–water partition coefficient (Wildman–Crippen LogP) is 4.71. The lowest BCUT2D eigenvalue weighted by Gasteiger charge is -2.16. The van der Waals surface area contributed by atoms with E-state index < -0.39 is 4.92 Å². The van der Waals surface area contributed by atoms with Crippen molar-refractivity contribution in [2.75, 3.05) is 0 Å². The Labute approximate surface area is 142 Å². The third-order valence-corrected chi connectivity index (χ3v) is 4.75. The Morgan fingerprint density at radius 2 is 1.92 bits per heavy atom. The highest BCUT2D eigenvalue weighted by molar-refractivity contribution is 6.32. The van der Waals surface area contributed by atoms with Crippen LogP contribution in [0, 0.1) is 10.1 Å². The Bertz CT molecular complexity index is 1010. The number of nitro groups is 1. The second-order valence-electron chi connectivity index (χ2n) is 5.84. The molecule has 1 aliphatic rings. The maximum Gasteiger partial charge on any atom is 0.271 e. The van der Waals surface area contributed by atoms with Crippen molar-refractivity contribution in [3.63, 3.8) is 0 Å². The predicted molar refractivity (Wildman–Crippen MR) is 92.2 cm³/mol. The molecule has 0 spiro atoms. The van der Waals surface area contributed by atoms with E-state index in [4.69, 9.17) is 11.6 Å². The van der Waals surface area contributed by atoms with Crippen molar-refractivity contribution in [2.45, 2.75) is 19.3 Å². The van der Waals surface area contributed by atoms with Gasteiger partial charge in [0, 0.05) is 35.2 Å². The van der Waals surface area contributed by atoms with Gasteiger partial charge in [0.15, 0.2) is 5.78 Å². The van der Waals surface area contributed by atoms with Crippen LogP contribution in [0.3, 0.4) is 0 Å². The number of carbonyl (C=O) groups excluding carboxylic acids is 1. The Hall–Kier alpha value is -2.66. The molecule has 3 aromatic rings. The van der Waals surface area contributed by atoms with E-state index in [0.29, 0.717) is 17.1 Å². The lowest BCUT2D eigenvalue weighted by Crippen LogP contribution is -2.12. The zero-order chi connectivity index (χ0) is 16.8. The van der Waals surface area contributed by atoms with Crippen molar-refractivity contribution < 1.29 is 9.72 Å². The molecule has 0 fully saturated rings. The molecular formula is C18H13ClN2O3. The summed E-state index contributed by atoms with van der Waals surface area (Å²) in [6.45, 7) is 0. The Kier molecular flexibility index (Phi) is 3.39. The molecule has 5 nitrogen and oxygen atoms in total. The quantitative estimate of drug-likeness (QED) is 0.501. The molecule has 0 saturated heterocycles. The van der Waals surface area contributed by atoms with Gasteiger partial charge >= 0.3 is 0 Å². The number of fused-ring (bicyclic) bond motifs is 3. The third kappa shape index (κ3) is 2.12. The first kappa shape index (κ1) is 14.9. The number of carbonyl (C=O) groups is 1. The van der Waals surface area contributed by atoms with E-state index in [9.17, 15) is 14.9 Å². The van der Waals surface area contributed by atoms with Gasteiger partial charge in [0.25, 0.3) is 5.69 Å². The number of aromatic nitrogens is 1. The second-order valence-corrected chi connectivity index (χ2v) is 6.25. The number of halogens is 1. The standard InChI is InChI=1S/C18H13ClN2O3/c19-13-10-11(21(23)24)8-9-15(13)20-14-5-2-1-4-12(14)18-16(20)6-3-7-17(18)22/h1-2,4-5,8-10H,3,6-7H2. The van der Waals surface area contributed by atoms with Gasteiger partial charge in [-0.05, 0) is 25.0 Å². The molecule has 4 rings (SSSR count). The maximum atomic E-state index is 12.4. The van der Waals surface area contributed by atoms with Gasteiger partial charge in [-0.3, -0.25) is 14.9 Å². The molecule has 1 aliphatic carbocycles. The minimum absolute atomic E-state index is 0.0508. The second kappa shape index (κ2) is 5.46. The average molecular weight is 341 g/mol. The van der Waals surface area contributed by atoms with E-state index in [0.717, 1.165) is 35.0 Å². The van der Waals surface area contributed by atoms with Crippen molar-refractivity contribution in [3.05, 3.63) is 68.9 Å². The smallest absolute Gasteiger partial charge is 0.271 e. The van der Waals surface area contributed by atoms with Crippen LogP contribution in [0.2, 0.25) is 5.02 Å². The highest BCUT2D eigenvalue weighted by Gasteiger charge is 2.27. The van der Waals surface area contributed by atoms with E-state index in [2.05, 4.69) is 0 Å². The number of benzene rings is 2. The molecule has 6 heteroatoms. The largest absolute Gasteiger partial charge is 0.311 e. The fourth-order valence-electron chi connectivity index (χ4n) is 3.45. The van der Waals surface area contributed by atoms with Gasteiger partial charge in [0.05, 0.1) is 21.2 Å². The molecule has 1 heterocycles. The van der Waals surface area contributed by atoms with Crippen LogP contribution in [0.5, 0.6) is 0 Å². The van der Waals surface area contributed by atoms with Crippen molar-refractivity contribution in [2.24, 2.45) is 0 Å². The fraction of sp³-hybridized carbons (Fsp3) is 0.167. The first-order valence-electron chi connectivity index (χ1n) is 7.68. The number of para-hydroxylation sites is 1. The summed E-state index contributed by atoms with van der Waals surface area (Å²) in [6, 6.07) is 12.1. The summed E-state index contributed by atoms with van der Waals surface area (Å²) in [5.41, 5.74) is 3.20. The van der Waals surface area contributed by atoms with Gasteiger partial charge in [0.1, 0.15) is 0 Å². The average Bonchev–Trinajstić information content (AvgIpc) is 2.90. The Morgan fingerprint density at radius 3 is 2.67 bits per heavy atom. The molecule has 0 atom stereocenters. The molecular weight excluding hydrogens is 328 g/mol. The van der Waals surface area contributed by atoms with Crippen LogP contribution in [-0.2, 0) is 6.42 Å². The summed E-state index contributed by atoms with van der Waals surface area (Å²) < 4.78 is 1.97. The summed E-state index contributed by atoms with van der Waals surface area (Å²) in [5, 5.41) is 12.1. The monoisotopic (exact) mass is 340 g/mol. The van der Waals surface area contributed by atoms with Crippen molar-refractivity contribution in [1.82, 2.24) is 4.57 Å². The molecule has 2 aromatic carbocycles. The SMILES string of the molecule is O=C1CCCc2c1c1ccccc1n2-c1ccc([N+](=O)[O-])cc1Cl. The highest BCUT2D eigenvalue weighted by atomic mass is 35.5. The van der Waals surface area contributed by atoms with Gasteiger partial charge in [-0.2, -0.15) is 0 Å². The summed E-state index contributed by atoms with van der Waals surface area (Å²) in [6.07, 6.45) is 2.13. The van der Waals surface area contributed by atoms with Gasteiger partial charge in [0.2, 0.25) is 0 Å². The Morgan fingerprint density at radius 1 is 1.12 bits per heavy atom. The molecule has 120 valence electrons. The maximum absolute atomic E-state index is 12.4. The molecule has 24 heavy (non-hydrogen) atoms. The zero-order valence-electron chi connectivity index (χ0n) is 12.7. The molecule has 0 bridgehead atoms. The van der Waals surface area contributed by atoms with Crippen LogP contribution < -0.4 is 0 Å². The summed E-state index contributed by atoms with van der Waals surface area (Å²) in [7, 11) is 0. The normalized spacial score (nSPS) is 14.0. The third-order valence-electron chi connectivity index (χ3n) is 4.45. The van der Waals surface area contributed by atoms with E-state index in [1.165, 1.54) is 12.1 Å². The van der Waals surface area contributed by atoms with Crippen LogP contribution in [0.15, 0.2) is 42.5 Å². The van der Waals surface area contributed by atoms with Crippen molar-refractivity contribution in [1.29, 1.82) is 0 Å². The summed E-state index contributed by atoms with van der Waals surface area (Å²) in [4.78, 5) is 22.9. The van der Waals surface area contributed by atoms with Gasteiger partial charge < -0.3 is 4.57 Å². The van der Waals surface area contributed by atoms with Gasteiger partial charge in [-0.25, -0.2) is 0 Å². The molecule has 1 aromatic heterocycles. The van der Waals surface area contributed by atoms with Crippen LogP contribution in [-0.4, -0.2) is 15.3 Å². The van der Waals surface area contributed by atoms with E-state index in [1.807, 2.05) is 28.8 Å². The molecule has 0 N–H and O–H groups in total. The lowest BCUT2D eigenvalue weighted by molar-refractivity contribution is -0.384. The number of hydrogen-bond donors (Lipinski definition) is 0. The van der Waals surface area contributed by atoms with Crippen LogP contribution >= 0.6 is 11.6 Å². The minimum Gasteiger partial charge on any atom is -0.311 e. The first-order valence-corrected chi connectivity index (χ1v) is 8.05. The van der Waals surface area contributed by atoms with E-state index in [1.54, 1.807) is 6.07 Å². The number of nitro benzene ring substituents is 1. The summed E-state index contributed by atoms with van der Waals surface area (Å²) >= 11 is 6.33. The topological polar surface area (TPSA) is 65.1 Å². The number of rotatable bonds is 2. The van der Waals surface area contributed by atoms with Gasteiger partial charge in [-0.1, -0.05) is 29.8 Å². The molecule has 0 saturated carbocycles. The fourth-order valence-corrected chi connectivity index (χ4v) is 3.71. The molecule has 0 radical (unpaired) electrons. The number of non-ortho nitro benzene ring substituents is 1. The molecule has 0 aliphatic heterocycles. The minimum atomic E-state index is -0.470. The first-order chi connectivity index (χ1) is 11.6. The zero-order valence-corrected chi connectivity index (χ0v) is 13.4. The van der Waals surface area contributed by atoms with Crippen molar-refractivity contribution in [3.8, 4) is 5.69 Å². The number of Topliss-reactive ketones (excluding diaryl/α,β-unsaturated/α-hetero) is 1. The van der Waals surface area contributed by atoms with Crippen molar-refractivity contribution >= 4 is 34.0 Å². The number of nitrogens with zero attached hydrogens (tertiary/aromatic N) is 2. The Balaban J connectivity index is 2.04. The molecule has 0 unspecified atom stereocenters. The van der Waals surface area contributed by atoms with E-state index in [-0.39, 0.29) is 11.5 Å². The molecule has 0 amide bonds. The van der Waals surface area contributed by atoms with E-state index >= 15 is 0 Å². The number of hydrogen-bond acceptors (Lipinski definition) is 3. The number of ketones is 1. The van der Waals surface area contributed by atoms with Crippen LogP contribution in [0.4, 0.5) is 5.69 Å². The lowest BCUT2D eigenvalue weighted by atomic mass is 9.94. The van der Waals surface area contributed by atoms with Crippen LogP contribution in [0.1, 0.15) is 28.9 Å². The van der Waals surface area contributed by atoms with Crippen LogP contribution in [0.25, 0.3) is 16.6 Å².